The molecule has 1 atom stereocenters. The van der Waals surface area contributed by atoms with E-state index in [-0.39, 0.29) is 12.0 Å². The molecule has 0 saturated carbocycles. The van der Waals surface area contributed by atoms with E-state index in [0.717, 1.165) is 36.4 Å². The van der Waals surface area contributed by atoms with Crippen molar-refractivity contribution in [3.63, 3.8) is 0 Å². The molecule has 1 aromatic rings. The Bertz CT molecular complexity index is 458. The fourth-order valence-corrected chi connectivity index (χ4v) is 2.49. The summed E-state index contributed by atoms with van der Waals surface area (Å²) >= 11 is 5.90. The second kappa shape index (κ2) is 7.50. The quantitative estimate of drug-likeness (QED) is 0.819. The van der Waals surface area contributed by atoms with Crippen LogP contribution in [0.3, 0.4) is 0 Å². The number of carbonyl (C=O) groups is 1. The summed E-state index contributed by atoms with van der Waals surface area (Å²) in [5.41, 5.74) is 1.62. The normalized spacial score (nSPS) is 18.0. The SMILES string of the molecule is CCOc1ccc(NC(=O)CC2CCCO2)cc1CCl. The van der Waals surface area contributed by atoms with Crippen LogP contribution in [0.15, 0.2) is 18.2 Å². The molecule has 2 rings (SSSR count). The topological polar surface area (TPSA) is 47.6 Å². The summed E-state index contributed by atoms with van der Waals surface area (Å²) in [4.78, 5) is 11.9. The first-order chi connectivity index (χ1) is 9.72. The minimum atomic E-state index is -0.0263. The second-order valence-corrected chi connectivity index (χ2v) is 5.04. The average Bonchev–Trinajstić information content (AvgIpc) is 2.93. The molecular formula is C15H20ClNO3. The predicted octanol–water partition coefficient (Wildman–Crippen LogP) is 3.33. The number of rotatable bonds is 6. The van der Waals surface area contributed by atoms with Crippen LogP contribution in [-0.2, 0) is 15.4 Å². The Kier molecular flexibility index (Phi) is 5.68. The Morgan fingerprint density at radius 2 is 2.40 bits per heavy atom. The van der Waals surface area contributed by atoms with Crippen molar-refractivity contribution < 1.29 is 14.3 Å². The Morgan fingerprint density at radius 1 is 1.55 bits per heavy atom. The van der Waals surface area contributed by atoms with E-state index in [0.29, 0.717) is 18.9 Å². The molecule has 4 nitrogen and oxygen atoms in total. The first kappa shape index (κ1) is 15.1. The number of anilines is 1. The minimum Gasteiger partial charge on any atom is -0.494 e. The molecule has 0 radical (unpaired) electrons. The third-order valence-electron chi connectivity index (χ3n) is 3.23. The molecule has 0 aliphatic carbocycles. The number of amides is 1. The fourth-order valence-electron chi connectivity index (χ4n) is 2.28. The van der Waals surface area contributed by atoms with Gasteiger partial charge in [-0.3, -0.25) is 4.79 Å². The highest BCUT2D eigenvalue weighted by Gasteiger charge is 2.19. The van der Waals surface area contributed by atoms with Crippen LogP contribution < -0.4 is 10.1 Å². The molecule has 1 aromatic carbocycles. The zero-order valence-corrected chi connectivity index (χ0v) is 12.4. The molecule has 1 aliphatic heterocycles. The number of hydrogen-bond donors (Lipinski definition) is 1. The first-order valence-corrected chi connectivity index (χ1v) is 7.49. The summed E-state index contributed by atoms with van der Waals surface area (Å²) < 4.78 is 10.9. The van der Waals surface area contributed by atoms with Crippen LogP contribution >= 0.6 is 11.6 Å². The summed E-state index contributed by atoms with van der Waals surface area (Å²) in [5, 5.41) is 2.88. The van der Waals surface area contributed by atoms with Gasteiger partial charge in [0.05, 0.1) is 25.0 Å². The van der Waals surface area contributed by atoms with Gasteiger partial charge in [0.15, 0.2) is 0 Å². The van der Waals surface area contributed by atoms with Crippen LogP contribution in [0.1, 0.15) is 31.7 Å². The van der Waals surface area contributed by atoms with Gasteiger partial charge in [0, 0.05) is 17.9 Å². The molecule has 1 amide bonds. The molecule has 1 fully saturated rings. The molecule has 110 valence electrons. The third-order valence-corrected chi connectivity index (χ3v) is 3.51. The monoisotopic (exact) mass is 297 g/mol. The molecular weight excluding hydrogens is 278 g/mol. The lowest BCUT2D eigenvalue weighted by Gasteiger charge is -2.12. The summed E-state index contributed by atoms with van der Waals surface area (Å²) in [6, 6.07) is 5.52. The maximum absolute atomic E-state index is 11.9. The van der Waals surface area contributed by atoms with Gasteiger partial charge in [-0.25, -0.2) is 0 Å². The summed E-state index contributed by atoms with van der Waals surface area (Å²) in [5.74, 6) is 1.09. The van der Waals surface area contributed by atoms with Gasteiger partial charge >= 0.3 is 0 Å². The molecule has 0 aromatic heterocycles. The van der Waals surface area contributed by atoms with Crippen molar-refractivity contribution in [2.24, 2.45) is 0 Å². The van der Waals surface area contributed by atoms with Crippen molar-refractivity contribution in [1.82, 2.24) is 0 Å². The zero-order valence-electron chi connectivity index (χ0n) is 11.7. The number of carbonyl (C=O) groups excluding carboxylic acids is 1. The minimum absolute atomic E-state index is 0.0263. The highest BCUT2D eigenvalue weighted by Crippen LogP contribution is 2.25. The van der Waals surface area contributed by atoms with Gasteiger partial charge in [0.25, 0.3) is 0 Å². The van der Waals surface area contributed by atoms with E-state index >= 15 is 0 Å². The standard InChI is InChI=1S/C15H20ClNO3/c1-2-19-14-6-5-12(8-11(14)10-16)17-15(18)9-13-4-3-7-20-13/h5-6,8,13H,2-4,7,9-10H2,1H3,(H,17,18). The van der Waals surface area contributed by atoms with Crippen LogP contribution in [0.2, 0.25) is 0 Å². The third kappa shape index (κ3) is 4.12. The van der Waals surface area contributed by atoms with E-state index < -0.39 is 0 Å². The summed E-state index contributed by atoms with van der Waals surface area (Å²) in [6.45, 7) is 3.28. The van der Waals surface area contributed by atoms with Gasteiger partial charge in [0.1, 0.15) is 5.75 Å². The van der Waals surface area contributed by atoms with Gasteiger partial charge in [-0.15, -0.1) is 11.6 Å². The highest BCUT2D eigenvalue weighted by molar-refractivity contribution is 6.17. The van der Waals surface area contributed by atoms with Crippen molar-refractivity contribution in [1.29, 1.82) is 0 Å². The van der Waals surface area contributed by atoms with Crippen molar-refractivity contribution >= 4 is 23.2 Å². The molecule has 0 spiro atoms. The van der Waals surface area contributed by atoms with Gasteiger partial charge < -0.3 is 14.8 Å². The van der Waals surface area contributed by atoms with Gasteiger partial charge in [-0.2, -0.15) is 0 Å². The second-order valence-electron chi connectivity index (χ2n) is 4.78. The molecule has 1 unspecified atom stereocenters. The van der Waals surface area contributed by atoms with Crippen LogP contribution in [0.4, 0.5) is 5.69 Å². The van der Waals surface area contributed by atoms with Crippen LogP contribution in [0.5, 0.6) is 5.75 Å². The molecule has 1 saturated heterocycles. The van der Waals surface area contributed by atoms with Gasteiger partial charge in [-0.1, -0.05) is 0 Å². The van der Waals surface area contributed by atoms with E-state index in [9.17, 15) is 4.79 Å². The number of halogens is 1. The van der Waals surface area contributed by atoms with Crippen molar-refractivity contribution in [2.45, 2.75) is 38.2 Å². The van der Waals surface area contributed by atoms with E-state index in [2.05, 4.69) is 5.32 Å². The number of alkyl halides is 1. The fraction of sp³-hybridized carbons (Fsp3) is 0.533. The molecule has 1 aliphatic rings. The largest absolute Gasteiger partial charge is 0.494 e. The van der Waals surface area contributed by atoms with Crippen LogP contribution in [-0.4, -0.2) is 25.2 Å². The van der Waals surface area contributed by atoms with Crippen molar-refractivity contribution in [3.8, 4) is 5.75 Å². The number of ether oxygens (including phenoxy) is 2. The zero-order chi connectivity index (χ0) is 14.4. The lowest BCUT2D eigenvalue weighted by atomic mass is 10.1. The first-order valence-electron chi connectivity index (χ1n) is 6.96. The lowest BCUT2D eigenvalue weighted by Crippen LogP contribution is -2.19. The maximum Gasteiger partial charge on any atom is 0.226 e. The van der Waals surface area contributed by atoms with Crippen LogP contribution in [0, 0.1) is 0 Å². The van der Waals surface area contributed by atoms with Crippen molar-refractivity contribution in [3.05, 3.63) is 23.8 Å². The molecule has 1 N–H and O–H groups in total. The summed E-state index contributed by atoms with van der Waals surface area (Å²) in [7, 11) is 0. The van der Waals surface area contributed by atoms with E-state index in [1.165, 1.54) is 0 Å². The Morgan fingerprint density at radius 3 is 3.05 bits per heavy atom. The molecule has 5 heteroatoms. The predicted molar refractivity (Wildman–Crippen MR) is 79.4 cm³/mol. The van der Waals surface area contributed by atoms with Gasteiger partial charge in [0.2, 0.25) is 5.91 Å². The Balaban J connectivity index is 1.96. The van der Waals surface area contributed by atoms with E-state index in [1.54, 1.807) is 0 Å². The molecule has 0 bridgehead atoms. The summed E-state index contributed by atoms with van der Waals surface area (Å²) in [6.07, 6.45) is 2.47. The average molecular weight is 298 g/mol. The highest BCUT2D eigenvalue weighted by atomic mass is 35.5. The lowest BCUT2D eigenvalue weighted by molar-refractivity contribution is -0.118. The number of nitrogens with one attached hydrogen (secondary N) is 1. The van der Waals surface area contributed by atoms with E-state index in [4.69, 9.17) is 21.1 Å². The van der Waals surface area contributed by atoms with Crippen molar-refractivity contribution in [2.75, 3.05) is 18.5 Å². The molecule has 20 heavy (non-hydrogen) atoms. The maximum atomic E-state index is 11.9. The van der Waals surface area contributed by atoms with Gasteiger partial charge in [-0.05, 0) is 38.0 Å². The Labute approximate surface area is 124 Å². The van der Waals surface area contributed by atoms with E-state index in [1.807, 2.05) is 25.1 Å². The smallest absolute Gasteiger partial charge is 0.226 e. The number of hydrogen-bond acceptors (Lipinski definition) is 3. The number of benzene rings is 1. The molecule has 1 heterocycles. The van der Waals surface area contributed by atoms with Crippen LogP contribution in [0.25, 0.3) is 0 Å². The Hall–Kier alpha value is -1.26.